The first-order valence-corrected chi connectivity index (χ1v) is 6.16. The Labute approximate surface area is 105 Å². The Balaban J connectivity index is 2.14. The van der Waals surface area contributed by atoms with Crippen LogP contribution < -0.4 is 11.1 Å². The van der Waals surface area contributed by atoms with Crippen molar-refractivity contribution < 1.29 is 18.0 Å². The fraction of sp³-hybridized carbons (Fsp3) is 0.909. The summed E-state index contributed by atoms with van der Waals surface area (Å²) in [4.78, 5) is 12.3. The van der Waals surface area contributed by atoms with Gasteiger partial charge in [0.15, 0.2) is 0 Å². The molecule has 1 aliphatic heterocycles. The van der Waals surface area contributed by atoms with Gasteiger partial charge in [-0.15, -0.1) is 0 Å². The quantitative estimate of drug-likeness (QED) is 0.772. The molecule has 106 valence electrons. The lowest BCUT2D eigenvalue weighted by atomic mass is 9.93. The minimum Gasteiger partial charge on any atom is -0.355 e. The second-order valence-electron chi connectivity index (χ2n) is 4.68. The highest BCUT2D eigenvalue weighted by Crippen LogP contribution is 2.23. The van der Waals surface area contributed by atoms with E-state index >= 15 is 0 Å². The molecule has 1 amide bonds. The molecule has 18 heavy (non-hydrogen) atoms. The highest BCUT2D eigenvalue weighted by Gasteiger charge is 2.32. The summed E-state index contributed by atoms with van der Waals surface area (Å²) in [7, 11) is 0. The maximum atomic E-state index is 12.2. The van der Waals surface area contributed by atoms with E-state index in [0.717, 1.165) is 19.3 Å². The molecule has 0 aromatic rings. The van der Waals surface area contributed by atoms with Crippen LogP contribution in [0.15, 0.2) is 0 Å². The number of nitrogens with one attached hydrogen (secondary N) is 1. The summed E-state index contributed by atoms with van der Waals surface area (Å²) < 4.78 is 36.5. The van der Waals surface area contributed by atoms with Crippen LogP contribution in [0.25, 0.3) is 0 Å². The summed E-state index contributed by atoms with van der Waals surface area (Å²) in [5, 5.41) is 2.67. The van der Waals surface area contributed by atoms with Gasteiger partial charge in [0.2, 0.25) is 5.91 Å². The smallest absolute Gasteiger partial charge is 0.355 e. The van der Waals surface area contributed by atoms with Gasteiger partial charge in [0.05, 0.1) is 13.1 Å². The lowest BCUT2D eigenvalue weighted by Crippen LogP contribution is -2.40. The maximum absolute atomic E-state index is 12.2. The molecule has 7 heteroatoms. The Morgan fingerprint density at radius 1 is 1.33 bits per heavy atom. The van der Waals surface area contributed by atoms with Crippen LogP contribution in [-0.4, -0.2) is 49.7 Å². The lowest BCUT2D eigenvalue weighted by Gasteiger charge is -2.32. The summed E-state index contributed by atoms with van der Waals surface area (Å²) in [5.74, 6) is 0.206. The van der Waals surface area contributed by atoms with E-state index in [1.807, 2.05) is 0 Å². The summed E-state index contributed by atoms with van der Waals surface area (Å²) in [6, 6.07) is 0. The Bertz CT molecular complexity index is 263. The third-order valence-corrected chi connectivity index (χ3v) is 3.17. The molecule has 4 nitrogen and oxygen atoms in total. The number of nitrogens with zero attached hydrogens (tertiary/aromatic N) is 1. The van der Waals surface area contributed by atoms with Gasteiger partial charge >= 0.3 is 6.18 Å². The van der Waals surface area contributed by atoms with Crippen LogP contribution in [-0.2, 0) is 4.79 Å². The van der Waals surface area contributed by atoms with Crippen molar-refractivity contribution in [1.29, 1.82) is 0 Å². The molecule has 0 atom stereocenters. The fourth-order valence-electron chi connectivity index (χ4n) is 2.17. The monoisotopic (exact) mass is 267 g/mol. The number of hydrogen-bond acceptors (Lipinski definition) is 3. The predicted molar refractivity (Wildman–Crippen MR) is 61.9 cm³/mol. The van der Waals surface area contributed by atoms with Crippen molar-refractivity contribution in [3.8, 4) is 0 Å². The molecule has 0 unspecified atom stereocenters. The third-order valence-electron chi connectivity index (χ3n) is 3.17. The first-order valence-electron chi connectivity index (χ1n) is 6.16. The molecule has 0 saturated carbocycles. The summed E-state index contributed by atoms with van der Waals surface area (Å²) in [5.41, 5.74) is 5.14. The molecule has 0 aromatic heterocycles. The van der Waals surface area contributed by atoms with E-state index in [1.54, 1.807) is 0 Å². The van der Waals surface area contributed by atoms with Crippen molar-refractivity contribution in [2.75, 3.05) is 32.7 Å². The molecule has 1 fully saturated rings. The molecule has 0 bridgehead atoms. The number of likely N-dealkylation sites (tertiary alicyclic amines) is 1. The van der Waals surface area contributed by atoms with Gasteiger partial charge in [0, 0.05) is 6.54 Å². The largest absolute Gasteiger partial charge is 0.401 e. The van der Waals surface area contributed by atoms with Crippen LogP contribution in [0, 0.1) is 5.92 Å². The zero-order valence-electron chi connectivity index (χ0n) is 10.3. The van der Waals surface area contributed by atoms with E-state index in [0.29, 0.717) is 25.6 Å². The number of alkyl halides is 3. The molecule has 0 radical (unpaired) electrons. The Morgan fingerprint density at radius 2 is 1.94 bits per heavy atom. The summed E-state index contributed by atoms with van der Waals surface area (Å²) >= 11 is 0. The van der Waals surface area contributed by atoms with E-state index in [2.05, 4.69) is 5.32 Å². The Morgan fingerprint density at radius 3 is 2.44 bits per heavy atom. The molecule has 1 rings (SSSR count). The molecular weight excluding hydrogens is 247 g/mol. The summed E-state index contributed by atoms with van der Waals surface area (Å²) in [6.07, 6.45) is -1.78. The van der Waals surface area contributed by atoms with Gasteiger partial charge in [0.25, 0.3) is 0 Å². The first kappa shape index (κ1) is 15.2. The predicted octanol–water partition coefficient (Wildman–Crippen LogP) is 0.726. The molecular formula is C11H20F3N3O. The Kier molecular flexibility index (Phi) is 5.87. The highest BCUT2D eigenvalue weighted by atomic mass is 19.4. The van der Waals surface area contributed by atoms with Crippen LogP contribution in [0.1, 0.15) is 19.3 Å². The van der Waals surface area contributed by atoms with Crippen molar-refractivity contribution in [2.24, 2.45) is 11.7 Å². The fourth-order valence-corrected chi connectivity index (χ4v) is 2.17. The van der Waals surface area contributed by atoms with Crippen molar-refractivity contribution in [1.82, 2.24) is 10.2 Å². The Hall–Kier alpha value is -0.820. The molecule has 1 saturated heterocycles. The number of hydrogen-bond donors (Lipinski definition) is 2. The molecule has 1 aliphatic rings. The van der Waals surface area contributed by atoms with Gasteiger partial charge in [-0.25, -0.2) is 0 Å². The topological polar surface area (TPSA) is 58.4 Å². The van der Waals surface area contributed by atoms with Gasteiger partial charge in [-0.2, -0.15) is 13.2 Å². The van der Waals surface area contributed by atoms with Crippen molar-refractivity contribution >= 4 is 5.91 Å². The second kappa shape index (κ2) is 6.94. The third kappa shape index (κ3) is 6.20. The van der Waals surface area contributed by atoms with Crippen LogP contribution >= 0.6 is 0 Å². The second-order valence-corrected chi connectivity index (χ2v) is 4.68. The minimum absolute atomic E-state index is 0.0238. The number of rotatable bonds is 5. The van der Waals surface area contributed by atoms with Crippen LogP contribution in [0.2, 0.25) is 0 Å². The molecule has 0 aliphatic carbocycles. The molecule has 0 spiro atoms. The zero-order valence-corrected chi connectivity index (χ0v) is 10.3. The van der Waals surface area contributed by atoms with E-state index in [9.17, 15) is 18.0 Å². The number of piperidine rings is 1. The van der Waals surface area contributed by atoms with Crippen LogP contribution in [0.4, 0.5) is 13.2 Å². The van der Waals surface area contributed by atoms with Gasteiger partial charge < -0.3 is 11.1 Å². The molecule has 0 aromatic carbocycles. The standard InChI is InChI=1S/C11H20F3N3O/c12-11(13,14)8-17-5-2-9(3-6-17)1-4-16-10(18)7-15/h9H,1-8,15H2,(H,16,18). The van der Waals surface area contributed by atoms with Gasteiger partial charge in [0.1, 0.15) is 0 Å². The minimum atomic E-state index is -4.11. The SMILES string of the molecule is NCC(=O)NCCC1CCN(CC(F)(F)F)CC1. The first-order chi connectivity index (χ1) is 8.40. The molecule has 3 N–H and O–H groups in total. The van der Waals surface area contributed by atoms with Gasteiger partial charge in [-0.1, -0.05) is 0 Å². The number of halogens is 3. The van der Waals surface area contributed by atoms with Gasteiger partial charge in [-0.05, 0) is 38.3 Å². The van der Waals surface area contributed by atoms with Crippen molar-refractivity contribution in [2.45, 2.75) is 25.4 Å². The normalized spacial score (nSPS) is 18.9. The van der Waals surface area contributed by atoms with Crippen LogP contribution in [0.5, 0.6) is 0 Å². The number of carbonyl (C=O) groups excluding carboxylic acids is 1. The van der Waals surface area contributed by atoms with Gasteiger partial charge in [-0.3, -0.25) is 9.69 Å². The van der Waals surface area contributed by atoms with E-state index in [-0.39, 0.29) is 12.5 Å². The highest BCUT2D eigenvalue weighted by molar-refractivity contribution is 5.77. The number of amides is 1. The average molecular weight is 267 g/mol. The van der Waals surface area contributed by atoms with E-state index in [4.69, 9.17) is 5.73 Å². The zero-order chi connectivity index (χ0) is 13.6. The number of nitrogens with two attached hydrogens (primary N) is 1. The van der Waals surface area contributed by atoms with E-state index < -0.39 is 12.7 Å². The average Bonchev–Trinajstić information content (AvgIpc) is 2.29. The lowest BCUT2D eigenvalue weighted by molar-refractivity contribution is -0.148. The van der Waals surface area contributed by atoms with Crippen molar-refractivity contribution in [3.63, 3.8) is 0 Å². The molecule has 1 heterocycles. The van der Waals surface area contributed by atoms with Crippen LogP contribution in [0.3, 0.4) is 0 Å². The summed E-state index contributed by atoms with van der Waals surface area (Å²) in [6.45, 7) is 0.678. The number of carbonyl (C=O) groups is 1. The van der Waals surface area contributed by atoms with Crippen molar-refractivity contribution in [3.05, 3.63) is 0 Å². The van der Waals surface area contributed by atoms with E-state index in [1.165, 1.54) is 4.90 Å². The maximum Gasteiger partial charge on any atom is 0.401 e.